The van der Waals surface area contributed by atoms with Gasteiger partial charge in [-0.3, -0.25) is 4.79 Å². The van der Waals surface area contributed by atoms with Crippen molar-refractivity contribution in [3.63, 3.8) is 0 Å². The Hall–Kier alpha value is -1.40. The smallest absolute Gasteiger partial charge is 0.262 e. The van der Waals surface area contributed by atoms with E-state index < -0.39 is 0 Å². The average molecular weight is 310 g/mol. The van der Waals surface area contributed by atoms with Crippen LogP contribution < -0.4 is 10.9 Å². The Bertz CT molecular complexity index is 684. The number of aromatic nitrogens is 4. The van der Waals surface area contributed by atoms with Crippen LogP contribution in [0.2, 0.25) is 0 Å². The van der Waals surface area contributed by atoms with Gasteiger partial charge in [0.2, 0.25) is 0 Å². The SMILES string of the molecule is Cl.O=c1[nH]c(C2CNC2)nc2c1cnn2C1CCCCC1. The van der Waals surface area contributed by atoms with Crippen molar-refractivity contribution >= 4 is 23.4 Å². The van der Waals surface area contributed by atoms with E-state index in [1.807, 2.05) is 4.68 Å². The van der Waals surface area contributed by atoms with E-state index >= 15 is 0 Å². The lowest BCUT2D eigenvalue weighted by Gasteiger charge is -2.26. The Kier molecular flexibility index (Phi) is 3.99. The molecule has 21 heavy (non-hydrogen) atoms. The molecular formula is C14H20ClN5O. The van der Waals surface area contributed by atoms with E-state index in [4.69, 9.17) is 4.98 Å². The van der Waals surface area contributed by atoms with Crippen molar-refractivity contribution in [2.75, 3.05) is 13.1 Å². The molecule has 2 aromatic heterocycles. The van der Waals surface area contributed by atoms with Crippen LogP contribution in [0.4, 0.5) is 0 Å². The molecule has 0 atom stereocenters. The molecule has 4 rings (SSSR count). The highest BCUT2D eigenvalue weighted by Crippen LogP contribution is 2.29. The predicted molar refractivity (Wildman–Crippen MR) is 83.1 cm³/mol. The summed E-state index contributed by atoms with van der Waals surface area (Å²) in [7, 11) is 0. The molecule has 1 aliphatic carbocycles. The van der Waals surface area contributed by atoms with Crippen LogP contribution in [-0.4, -0.2) is 32.8 Å². The number of hydrogen-bond donors (Lipinski definition) is 2. The first kappa shape index (κ1) is 14.5. The summed E-state index contributed by atoms with van der Waals surface area (Å²) in [4.78, 5) is 19.8. The number of hydrogen-bond acceptors (Lipinski definition) is 4. The van der Waals surface area contributed by atoms with Crippen LogP contribution in [0.5, 0.6) is 0 Å². The van der Waals surface area contributed by atoms with Crippen molar-refractivity contribution < 1.29 is 0 Å². The summed E-state index contributed by atoms with van der Waals surface area (Å²) in [5.74, 6) is 1.14. The van der Waals surface area contributed by atoms with Crippen LogP contribution in [0.1, 0.15) is 49.9 Å². The zero-order valence-corrected chi connectivity index (χ0v) is 12.7. The number of rotatable bonds is 2. The van der Waals surface area contributed by atoms with Crippen LogP contribution >= 0.6 is 12.4 Å². The highest BCUT2D eigenvalue weighted by atomic mass is 35.5. The van der Waals surface area contributed by atoms with Crippen molar-refractivity contribution in [3.8, 4) is 0 Å². The number of nitrogens with one attached hydrogen (secondary N) is 2. The molecule has 2 fully saturated rings. The number of halogens is 1. The summed E-state index contributed by atoms with van der Waals surface area (Å²) < 4.78 is 1.99. The van der Waals surface area contributed by atoms with Gasteiger partial charge in [0.1, 0.15) is 11.2 Å². The summed E-state index contributed by atoms with van der Waals surface area (Å²) in [5.41, 5.74) is 0.710. The molecule has 0 spiro atoms. The monoisotopic (exact) mass is 309 g/mol. The quantitative estimate of drug-likeness (QED) is 0.886. The van der Waals surface area contributed by atoms with E-state index in [0.29, 0.717) is 17.3 Å². The first-order valence-electron chi connectivity index (χ1n) is 7.51. The van der Waals surface area contributed by atoms with Crippen molar-refractivity contribution in [1.82, 2.24) is 25.1 Å². The lowest BCUT2D eigenvalue weighted by Crippen LogP contribution is -2.41. The second-order valence-corrected chi connectivity index (χ2v) is 5.92. The zero-order valence-electron chi connectivity index (χ0n) is 11.8. The molecule has 1 aliphatic heterocycles. The third-order valence-corrected chi connectivity index (χ3v) is 4.57. The molecule has 0 unspecified atom stereocenters. The standard InChI is InChI=1S/C14H19N5O.ClH/c20-14-11-8-16-19(10-4-2-1-3-5-10)13(11)17-12(18-14)9-6-15-7-9;/h8-10,15H,1-7H2,(H,17,18,20);1H. The molecule has 1 saturated carbocycles. The van der Waals surface area contributed by atoms with Gasteiger partial charge >= 0.3 is 0 Å². The maximum absolute atomic E-state index is 12.2. The molecule has 2 N–H and O–H groups in total. The summed E-state index contributed by atoms with van der Waals surface area (Å²) in [6, 6.07) is 0.405. The Morgan fingerprint density at radius 3 is 2.62 bits per heavy atom. The van der Waals surface area contributed by atoms with Crippen LogP contribution in [0.15, 0.2) is 11.0 Å². The van der Waals surface area contributed by atoms with E-state index in [1.165, 1.54) is 19.3 Å². The van der Waals surface area contributed by atoms with E-state index in [-0.39, 0.29) is 18.0 Å². The van der Waals surface area contributed by atoms with Gasteiger partial charge in [0, 0.05) is 19.0 Å². The molecule has 2 aromatic rings. The Morgan fingerprint density at radius 2 is 1.95 bits per heavy atom. The fourth-order valence-corrected chi connectivity index (χ4v) is 3.22. The minimum atomic E-state index is -0.0565. The second kappa shape index (κ2) is 5.77. The molecule has 0 amide bonds. The van der Waals surface area contributed by atoms with Crippen LogP contribution in [0.3, 0.4) is 0 Å². The molecule has 2 aliphatic rings. The number of aromatic amines is 1. The topological polar surface area (TPSA) is 75.6 Å². The maximum Gasteiger partial charge on any atom is 0.262 e. The molecule has 1 saturated heterocycles. The zero-order chi connectivity index (χ0) is 13.5. The average Bonchev–Trinajstić information content (AvgIpc) is 2.82. The number of H-pyrrole nitrogens is 1. The Morgan fingerprint density at radius 1 is 1.19 bits per heavy atom. The largest absolute Gasteiger partial charge is 0.315 e. The molecule has 7 heteroatoms. The first-order valence-corrected chi connectivity index (χ1v) is 7.51. The van der Waals surface area contributed by atoms with E-state index in [2.05, 4.69) is 15.4 Å². The summed E-state index contributed by atoms with van der Waals surface area (Å²) >= 11 is 0. The van der Waals surface area contributed by atoms with E-state index in [9.17, 15) is 4.79 Å². The van der Waals surface area contributed by atoms with Crippen molar-refractivity contribution in [1.29, 1.82) is 0 Å². The highest BCUT2D eigenvalue weighted by Gasteiger charge is 2.24. The normalized spacial score (nSPS) is 20.2. The highest BCUT2D eigenvalue weighted by molar-refractivity contribution is 5.85. The van der Waals surface area contributed by atoms with E-state index in [0.717, 1.165) is 37.4 Å². The first-order chi connectivity index (χ1) is 9.83. The minimum absolute atomic E-state index is 0. The number of fused-ring (bicyclic) bond motifs is 1. The Balaban J connectivity index is 0.00000132. The van der Waals surface area contributed by atoms with Gasteiger partial charge in [0.05, 0.1) is 12.2 Å². The molecule has 3 heterocycles. The van der Waals surface area contributed by atoms with Gasteiger partial charge in [-0.2, -0.15) is 5.10 Å². The number of nitrogens with zero attached hydrogens (tertiary/aromatic N) is 3. The van der Waals surface area contributed by atoms with Crippen molar-refractivity contribution in [2.24, 2.45) is 0 Å². The third kappa shape index (κ3) is 2.46. The fourth-order valence-electron chi connectivity index (χ4n) is 3.22. The lowest BCUT2D eigenvalue weighted by atomic mass is 9.96. The van der Waals surface area contributed by atoms with Gasteiger partial charge in [-0.1, -0.05) is 19.3 Å². The minimum Gasteiger partial charge on any atom is -0.315 e. The van der Waals surface area contributed by atoms with Crippen molar-refractivity contribution in [2.45, 2.75) is 44.1 Å². The van der Waals surface area contributed by atoms with Crippen LogP contribution in [0.25, 0.3) is 11.0 Å². The molecule has 0 bridgehead atoms. The van der Waals surface area contributed by atoms with Crippen LogP contribution in [0, 0.1) is 0 Å². The van der Waals surface area contributed by atoms with Crippen LogP contribution in [-0.2, 0) is 0 Å². The molecule has 0 aromatic carbocycles. The fraction of sp³-hybridized carbons (Fsp3) is 0.643. The molecule has 6 nitrogen and oxygen atoms in total. The van der Waals surface area contributed by atoms with Gasteiger partial charge in [-0.15, -0.1) is 12.4 Å². The van der Waals surface area contributed by atoms with Crippen molar-refractivity contribution in [3.05, 3.63) is 22.4 Å². The van der Waals surface area contributed by atoms with E-state index in [1.54, 1.807) is 6.20 Å². The van der Waals surface area contributed by atoms with Gasteiger partial charge in [-0.25, -0.2) is 9.67 Å². The maximum atomic E-state index is 12.2. The second-order valence-electron chi connectivity index (χ2n) is 5.92. The molecule has 114 valence electrons. The summed E-state index contributed by atoms with van der Waals surface area (Å²) in [6.07, 6.45) is 7.75. The summed E-state index contributed by atoms with van der Waals surface area (Å²) in [6.45, 7) is 1.79. The predicted octanol–water partition coefficient (Wildman–Crippen LogP) is 1.73. The van der Waals surface area contributed by atoms with Gasteiger partial charge < -0.3 is 10.3 Å². The summed E-state index contributed by atoms with van der Waals surface area (Å²) in [5, 5.41) is 8.27. The van der Waals surface area contributed by atoms with Gasteiger partial charge in [-0.05, 0) is 12.8 Å². The third-order valence-electron chi connectivity index (χ3n) is 4.57. The van der Waals surface area contributed by atoms with Gasteiger partial charge in [0.25, 0.3) is 5.56 Å². The lowest BCUT2D eigenvalue weighted by molar-refractivity contribution is 0.335. The Labute approximate surface area is 128 Å². The molecular weight excluding hydrogens is 290 g/mol. The van der Waals surface area contributed by atoms with Gasteiger partial charge in [0.15, 0.2) is 5.65 Å². The molecule has 0 radical (unpaired) electrons.